The predicted molar refractivity (Wildman–Crippen MR) is 90.1 cm³/mol. The first-order valence-corrected chi connectivity index (χ1v) is 7.87. The number of hydrogen-bond donors (Lipinski definition) is 1. The number of para-hydroxylation sites is 1. The van der Waals surface area contributed by atoms with Crippen LogP contribution in [0.25, 0.3) is 0 Å². The Hall–Kier alpha value is -1.85. The van der Waals surface area contributed by atoms with Crippen molar-refractivity contribution in [3.63, 3.8) is 0 Å². The second-order valence-corrected chi connectivity index (χ2v) is 6.25. The summed E-state index contributed by atoms with van der Waals surface area (Å²) in [5.41, 5.74) is 1.22. The normalized spacial score (nSPS) is 17.9. The quantitative estimate of drug-likeness (QED) is 0.824. The Morgan fingerprint density at radius 2 is 1.77 bits per heavy atom. The highest BCUT2D eigenvalue weighted by atomic mass is 79.9. The summed E-state index contributed by atoms with van der Waals surface area (Å²) in [5, 5.41) is 3.47. The average Bonchev–Trinajstić information content (AvgIpc) is 2.77. The van der Waals surface area contributed by atoms with Crippen LogP contribution >= 0.6 is 27.5 Å². The summed E-state index contributed by atoms with van der Waals surface area (Å²) in [6, 6.07) is 13.7. The predicted octanol–water partition coefficient (Wildman–Crippen LogP) is 3.85. The molecule has 0 aromatic heterocycles. The molecule has 6 heteroatoms. The summed E-state index contributed by atoms with van der Waals surface area (Å²) in [5.74, 6) is -0.547. The average molecular weight is 380 g/mol. The van der Waals surface area contributed by atoms with Gasteiger partial charge in [-0.25, -0.2) is 4.90 Å². The molecule has 1 N–H and O–H groups in total. The SMILES string of the molecule is O=C1C[C@H](Nc2ccc(Br)cc2)C(=O)N1c1ccccc1Cl. The Bertz CT molecular complexity index is 733. The van der Waals surface area contributed by atoms with Crippen LogP contribution in [0.5, 0.6) is 0 Å². The van der Waals surface area contributed by atoms with E-state index in [0.717, 1.165) is 15.1 Å². The van der Waals surface area contributed by atoms with Crippen LogP contribution in [0.1, 0.15) is 6.42 Å². The van der Waals surface area contributed by atoms with Gasteiger partial charge in [0.1, 0.15) is 6.04 Å². The molecule has 0 radical (unpaired) electrons. The van der Waals surface area contributed by atoms with Crippen molar-refractivity contribution in [1.29, 1.82) is 0 Å². The van der Waals surface area contributed by atoms with E-state index in [4.69, 9.17) is 11.6 Å². The summed E-state index contributed by atoms with van der Waals surface area (Å²) >= 11 is 9.44. The van der Waals surface area contributed by atoms with Crippen molar-refractivity contribution in [2.45, 2.75) is 12.5 Å². The molecule has 1 heterocycles. The van der Waals surface area contributed by atoms with Gasteiger partial charge < -0.3 is 5.32 Å². The highest BCUT2D eigenvalue weighted by molar-refractivity contribution is 9.10. The Morgan fingerprint density at radius 1 is 1.09 bits per heavy atom. The van der Waals surface area contributed by atoms with Crippen LogP contribution < -0.4 is 10.2 Å². The van der Waals surface area contributed by atoms with Crippen LogP contribution in [0.4, 0.5) is 11.4 Å². The zero-order valence-electron chi connectivity index (χ0n) is 11.4. The molecule has 0 bridgehead atoms. The molecule has 3 rings (SSSR count). The first-order valence-electron chi connectivity index (χ1n) is 6.69. The highest BCUT2D eigenvalue weighted by Crippen LogP contribution is 2.30. The van der Waals surface area contributed by atoms with Crippen LogP contribution in [0.15, 0.2) is 53.0 Å². The molecule has 0 unspecified atom stereocenters. The molecule has 0 saturated carbocycles. The number of nitrogens with one attached hydrogen (secondary N) is 1. The number of rotatable bonds is 3. The molecule has 2 aromatic carbocycles. The fourth-order valence-electron chi connectivity index (χ4n) is 2.38. The van der Waals surface area contributed by atoms with E-state index >= 15 is 0 Å². The van der Waals surface area contributed by atoms with E-state index in [-0.39, 0.29) is 18.2 Å². The van der Waals surface area contributed by atoms with Gasteiger partial charge in [-0.15, -0.1) is 0 Å². The maximum Gasteiger partial charge on any atom is 0.256 e. The number of imide groups is 1. The van der Waals surface area contributed by atoms with Crippen molar-refractivity contribution in [3.8, 4) is 0 Å². The number of amides is 2. The Morgan fingerprint density at radius 3 is 2.45 bits per heavy atom. The van der Waals surface area contributed by atoms with Crippen LogP contribution in [0.2, 0.25) is 5.02 Å². The lowest BCUT2D eigenvalue weighted by Crippen LogP contribution is -2.34. The first kappa shape index (κ1) is 15.1. The second kappa shape index (κ2) is 6.10. The number of nitrogens with zero attached hydrogens (tertiary/aromatic N) is 1. The zero-order chi connectivity index (χ0) is 15.7. The smallest absolute Gasteiger partial charge is 0.256 e. The summed E-state index contributed by atoms with van der Waals surface area (Å²) in [6.45, 7) is 0. The molecule has 2 amide bonds. The standard InChI is InChI=1S/C16H12BrClN2O2/c17-10-5-7-11(8-6-10)19-13-9-15(21)20(16(13)22)14-4-2-1-3-12(14)18/h1-8,13,19H,9H2/t13-/m0/s1. The van der Waals surface area contributed by atoms with E-state index in [9.17, 15) is 9.59 Å². The number of carbonyl (C=O) groups excluding carboxylic acids is 2. The van der Waals surface area contributed by atoms with Gasteiger partial charge >= 0.3 is 0 Å². The molecule has 1 fully saturated rings. The number of halogens is 2. The van der Waals surface area contributed by atoms with Crippen LogP contribution in [0, 0.1) is 0 Å². The van der Waals surface area contributed by atoms with Crippen molar-refractivity contribution in [1.82, 2.24) is 0 Å². The monoisotopic (exact) mass is 378 g/mol. The van der Waals surface area contributed by atoms with E-state index in [1.165, 1.54) is 0 Å². The van der Waals surface area contributed by atoms with Crippen molar-refractivity contribution in [2.24, 2.45) is 0 Å². The molecule has 2 aromatic rings. The van der Waals surface area contributed by atoms with Gasteiger partial charge in [0.15, 0.2) is 0 Å². The van der Waals surface area contributed by atoms with Crippen molar-refractivity contribution < 1.29 is 9.59 Å². The maximum absolute atomic E-state index is 12.5. The molecule has 1 aliphatic rings. The molecule has 22 heavy (non-hydrogen) atoms. The first-order chi connectivity index (χ1) is 10.6. The third kappa shape index (κ3) is 2.87. The third-order valence-electron chi connectivity index (χ3n) is 3.43. The minimum absolute atomic E-state index is 0.111. The lowest BCUT2D eigenvalue weighted by molar-refractivity contribution is -0.121. The van der Waals surface area contributed by atoms with Gasteiger partial charge in [-0.2, -0.15) is 0 Å². The van der Waals surface area contributed by atoms with E-state index in [1.54, 1.807) is 24.3 Å². The zero-order valence-corrected chi connectivity index (χ0v) is 13.8. The fourth-order valence-corrected chi connectivity index (χ4v) is 2.86. The van der Waals surface area contributed by atoms with E-state index in [2.05, 4.69) is 21.2 Å². The lowest BCUT2D eigenvalue weighted by Gasteiger charge is -2.17. The number of anilines is 2. The Balaban J connectivity index is 1.82. The maximum atomic E-state index is 12.5. The molecule has 112 valence electrons. The molecule has 1 saturated heterocycles. The second-order valence-electron chi connectivity index (χ2n) is 4.93. The van der Waals surface area contributed by atoms with E-state index in [1.807, 2.05) is 24.3 Å². The van der Waals surface area contributed by atoms with Gasteiger partial charge in [0.2, 0.25) is 5.91 Å². The van der Waals surface area contributed by atoms with Crippen LogP contribution in [-0.2, 0) is 9.59 Å². The van der Waals surface area contributed by atoms with Crippen LogP contribution in [-0.4, -0.2) is 17.9 Å². The molecule has 0 spiro atoms. The van der Waals surface area contributed by atoms with Crippen LogP contribution in [0.3, 0.4) is 0 Å². The topological polar surface area (TPSA) is 49.4 Å². The third-order valence-corrected chi connectivity index (χ3v) is 4.27. The summed E-state index contributed by atoms with van der Waals surface area (Å²) in [4.78, 5) is 25.9. The van der Waals surface area contributed by atoms with Gasteiger partial charge in [0, 0.05) is 10.2 Å². The summed E-state index contributed by atoms with van der Waals surface area (Å²) in [6.07, 6.45) is 0.111. The molecule has 0 aliphatic carbocycles. The molecular weight excluding hydrogens is 368 g/mol. The molecule has 1 atom stereocenters. The minimum atomic E-state index is -0.579. The van der Waals surface area contributed by atoms with Gasteiger partial charge in [0.05, 0.1) is 17.1 Å². The lowest BCUT2D eigenvalue weighted by atomic mass is 10.2. The number of hydrogen-bond acceptors (Lipinski definition) is 3. The van der Waals surface area contributed by atoms with E-state index < -0.39 is 6.04 Å². The van der Waals surface area contributed by atoms with Gasteiger partial charge in [-0.3, -0.25) is 9.59 Å². The Labute approximate surface area is 141 Å². The number of carbonyl (C=O) groups is 2. The van der Waals surface area contributed by atoms with Gasteiger partial charge in [-0.05, 0) is 36.4 Å². The minimum Gasteiger partial charge on any atom is -0.373 e. The van der Waals surface area contributed by atoms with E-state index in [0.29, 0.717) is 10.7 Å². The fraction of sp³-hybridized carbons (Fsp3) is 0.125. The van der Waals surface area contributed by atoms with Crippen molar-refractivity contribution >= 4 is 50.7 Å². The Kier molecular flexibility index (Phi) is 4.18. The molecular formula is C16H12BrClN2O2. The summed E-state index contributed by atoms with van der Waals surface area (Å²) in [7, 11) is 0. The van der Waals surface area contributed by atoms with Crippen molar-refractivity contribution in [2.75, 3.05) is 10.2 Å². The number of benzene rings is 2. The van der Waals surface area contributed by atoms with Gasteiger partial charge in [-0.1, -0.05) is 39.7 Å². The summed E-state index contributed by atoms with van der Waals surface area (Å²) < 4.78 is 0.949. The molecule has 4 nitrogen and oxygen atoms in total. The molecule has 1 aliphatic heterocycles. The van der Waals surface area contributed by atoms with Gasteiger partial charge in [0.25, 0.3) is 5.91 Å². The highest BCUT2D eigenvalue weighted by Gasteiger charge is 2.40. The largest absolute Gasteiger partial charge is 0.373 e. The van der Waals surface area contributed by atoms with Crippen molar-refractivity contribution in [3.05, 3.63) is 58.0 Å².